The van der Waals surface area contributed by atoms with Crippen molar-refractivity contribution in [1.82, 2.24) is 0 Å². The molecular formula is C20H19Cl2NO4. The standard InChI is InChI=1S/C20H19Cl2NO4/c1-2-15-11-20(19(24)25,27-23-15)18(14-8-9-16(21)17(22)10-14)26-12-13-6-4-3-5-7-13/h3-10,18H,2,11-12H2,1H3,(H,24,25). The van der Waals surface area contributed by atoms with E-state index in [4.69, 9.17) is 32.8 Å². The van der Waals surface area contributed by atoms with Crippen molar-refractivity contribution in [2.45, 2.75) is 38.1 Å². The Morgan fingerprint density at radius 2 is 2.00 bits per heavy atom. The van der Waals surface area contributed by atoms with Crippen LogP contribution in [0.3, 0.4) is 0 Å². The number of hydrogen-bond acceptors (Lipinski definition) is 4. The van der Waals surface area contributed by atoms with Crippen LogP contribution in [0.2, 0.25) is 10.0 Å². The second kappa shape index (κ2) is 8.30. The van der Waals surface area contributed by atoms with E-state index >= 15 is 0 Å². The molecule has 2 aromatic rings. The zero-order valence-electron chi connectivity index (χ0n) is 14.7. The summed E-state index contributed by atoms with van der Waals surface area (Å²) in [5, 5.41) is 14.7. The minimum absolute atomic E-state index is 0.137. The first kappa shape index (κ1) is 19.7. The third-order valence-electron chi connectivity index (χ3n) is 4.50. The summed E-state index contributed by atoms with van der Waals surface area (Å²) in [7, 11) is 0. The van der Waals surface area contributed by atoms with Gasteiger partial charge in [0.1, 0.15) is 6.10 Å². The summed E-state index contributed by atoms with van der Waals surface area (Å²) in [5.41, 5.74) is 0.496. The van der Waals surface area contributed by atoms with E-state index in [1.54, 1.807) is 18.2 Å². The zero-order chi connectivity index (χ0) is 19.4. The Labute approximate surface area is 167 Å². The Morgan fingerprint density at radius 1 is 1.26 bits per heavy atom. The number of hydrogen-bond donors (Lipinski definition) is 1. The molecule has 0 aliphatic carbocycles. The highest BCUT2D eigenvalue weighted by molar-refractivity contribution is 6.42. The predicted molar refractivity (Wildman–Crippen MR) is 104 cm³/mol. The number of rotatable bonds is 7. The molecule has 0 aromatic heterocycles. The van der Waals surface area contributed by atoms with Gasteiger partial charge in [-0.2, -0.15) is 0 Å². The van der Waals surface area contributed by atoms with E-state index in [0.29, 0.717) is 27.7 Å². The van der Waals surface area contributed by atoms with Crippen molar-refractivity contribution in [1.29, 1.82) is 0 Å². The third-order valence-corrected chi connectivity index (χ3v) is 5.24. The smallest absolute Gasteiger partial charge is 0.354 e. The first-order valence-electron chi connectivity index (χ1n) is 8.54. The van der Waals surface area contributed by atoms with Crippen LogP contribution in [0.1, 0.15) is 37.0 Å². The van der Waals surface area contributed by atoms with Crippen molar-refractivity contribution in [2.24, 2.45) is 5.16 Å². The molecule has 2 aromatic carbocycles. The maximum absolute atomic E-state index is 12.2. The van der Waals surface area contributed by atoms with Gasteiger partial charge < -0.3 is 14.7 Å². The maximum Gasteiger partial charge on any atom is 0.354 e. The Morgan fingerprint density at radius 3 is 2.59 bits per heavy atom. The SMILES string of the molecule is CCC1=NOC(C(=O)O)(C(OCc2ccccc2)c2ccc(Cl)c(Cl)c2)C1. The minimum Gasteiger partial charge on any atom is -0.478 e. The fourth-order valence-electron chi connectivity index (χ4n) is 3.00. The van der Waals surface area contributed by atoms with E-state index < -0.39 is 17.7 Å². The average Bonchev–Trinajstić information content (AvgIpc) is 3.11. The third kappa shape index (κ3) is 4.10. The molecular weight excluding hydrogens is 389 g/mol. The largest absolute Gasteiger partial charge is 0.478 e. The molecule has 1 heterocycles. The molecule has 27 heavy (non-hydrogen) atoms. The number of ether oxygens (including phenoxy) is 1. The van der Waals surface area contributed by atoms with Gasteiger partial charge in [0, 0.05) is 6.42 Å². The molecule has 0 amide bonds. The fourth-order valence-corrected chi connectivity index (χ4v) is 3.31. The molecule has 0 radical (unpaired) electrons. The van der Waals surface area contributed by atoms with Gasteiger partial charge in [-0.05, 0) is 29.7 Å². The molecule has 0 bridgehead atoms. The van der Waals surface area contributed by atoms with Crippen LogP contribution >= 0.6 is 23.2 Å². The van der Waals surface area contributed by atoms with Gasteiger partial charge in [-0.1, -0.05) is 71.7 Å². The summed E-state index contributed by atoms with van der Waals surface area (Å²) >= 11 is 12.2. The Hall–Kier alpha value is -2.08. The van der Waals surface area contributed by atoms with Gasteiger partial charge in [0.05, 0.1) is 22.4 Å². The van der Waals surface area contributed by atoms with E-state index in [1.165, 1.54) is 0 Å². The van der Waals surface area contributed by atoms with Crippen molar-refractivity contribution in [3.05, 3.63) is 69.7 Å². The molecule has 2 atom stereocenters. The Kier molecular flexibility index (Phi) is 6.05. The summed E-state index contributed by atoms with van der Waals surface area (Å²) in [6, 6.07) is 14.4. The van der Waals surface area contributed by atoms with Crippen molar-refractivity contribution < 1.29 is 19.5 Å². The normalized spacial score (nSPS) is 20.0. The lowest BCUT2D eigenvalue weighted by molar-refractivity contribution is -0.187. The number of carbonyl (C=O) groups is 1. The summed E-state index contributed by atoms with van der Waals surface area (Å²) in [6.07, 6.45) is -0.182. The number of aliphatic carboxylic acids is 1. The van der Waals surface area contributed by atoms with Gasteiger partial charge in [-0.15, -0.1) is 0 Å². The number of benzene rings is 2. The number of nitrogens with zero attached hydrogens (tertiary/aromatic N) is 1. The molecule has 0 spiro atoms. The van der Waals surface area contributed by atoms with Gasteiger partial charge in [0.15, 0.2) is 0 Å². The second-order valence-corrected chi connectivity index (χ2v) is 7.14. The van der Waals surface area contributed by atoms with Gasteiger partial charge in [-0.25, -0.2) is 4.79 Å². The lowest BCUT2D eigenvalue weighted by Crippen LogP contribution is -2.46. The van der Waals surface area contributed by atoms with Gasteiger partial charge in [0.25, 0.3) is 5.60 Å². The first-order valence-corrected chi connectivity index (χ1v) is 9.29. The van der Waals surface area contributed by atoms with Gasteiger partial charge >= 0.3 is 5.97 Å². The van der Waals surface area contributed by atoms with Gasteiger partial charge in [0.2, 0.25) is 0 Å². The monoisotopic (exact) mass is 407 g/mol. The Balaban J connectivity index is 1.97. The van der Waals surface area contributed by atoms with Crippen LogP contribution in [0.25, 0.3) is 0 Å². The van der Waals surface area contributed by atoms with E-state index in [1.807, 2.05) is 37.3 Å². The van der Waals surface area contributed by atoms with E-state index in [-0.39, 0.29) is 13.0 Å². The van der Waals surface area contributed by atoms with Crippen LogP contribution in [0, 0.1) is 0 Å². The van der Waals surface area contributed by atoms with Crippen LogP contribution in [-0.4, -0.2) is 22.4 Å². The van der Waals surface area contributed by atoms with Crippen LogP contribution in [-0.2, 0) is 21.0 Å². The molecule has 1 N–H and O–H groups in total. The van der Waals surface area contributed by atoms with Crippen LogP contribution in [0.15, 0.2) is 53.7 Å². The molecule has 142 valence electrons. The number of carboxylic acid groups (broad SMARTS) is 1. The summed E-state index contributed by atoms with van der Waals surface area (Å²) in [4.78, 5) is 17.7. The van der Waals surface area contributed by atoms with Gasteiger partial charge in [-0.3, -0.25) is 0 Å². The Bertz CT molecular complexity index is 856. The molecule has 2 unspecified atom stereocenters. The topological polar surface area (TPSA) is 68.1 Å². The van der Waals surface area contributed by atoms with E-state index in [0.717, 1.165) is 5.56 Å². The molecule has 0 fully saturated rings. The van der Waals surface area contributed by atoms with Crippen molar-refractivity contribution in [3.63, 3.8) is 0 Å². The lowest BCUT2D eigenvalue weighted by atomic mass is 9.86. The molecule has 3 rings (SSSR count). The highest BCUT2D eigenvalue weighted by Crippen LogP contribution is 2.42. The average molecular weight is 408 g/mol. The molecule has 7 heteroatoms. The van der Waals surface area contributed by atoms with E-state index in [2.05, 4.69) is 5.16 Å². The minimum atomic E-state index is -1.66. The maximum atomic E-state index is 12.2. The van der Waals surface area contributed by atoms with Crippen LogP contribution < -0.4 is 0 Å². The summed E-state index contributed by atoms with van der Waals surface area (Å²) < 4.78 is 6.07. The number of oxime groups is 1. The highest BCUT2D eigenvalue weighted by Gasteiger charge is 2.54. The number of carboxylic acids is 1. The van der Waals surface area contributed by atoms with Crippen LogP contribution in [0.5, 0.6) is 0 Å². The quantitative estimate of drug-likeness (QED) is 0.679. The van der Waals surface area contributed by atoms with Crippen LogP contribution in [0.4, 0.5) is 0 Å². The van der Waals surface area contributed by atoms with Crippen molar-refractivity contribution in [2.75, 3.05) is 0 Å². The summed E-state index contributed by atoms with van der Waals surface area (Å²) in [5.74, 6) is -1.14. The number of halogens is 2. The molecule has 1 aliphatic rings. The highest BCUT2D eigenvalue weighted by atomic mass is 35.5. The van der Waals surface area contributed by atoms with Crippen molar-refractivity contribution >= 4 is 34.9 Å². The lowest BCUT2D eigenvalue weighted by Gasteiger charge is -2.31. The van der Waals surface area contributed by atoms with Crippen molar-refractivity contribution in [3.8, 4) is 0 Å². The first-order chi connectivity index (χ1) is 13.0. The molecule has 1 aliphatic heterocycles. The molecule has 0 saturated carbocycles. The molecule has 5 nitrogen and oxygen atoms in total. The summed E-state index contributed by atoms with van der Waals surface area (Å²) in [6.45, 7) is 2.12. The zero-order valence-corrected chi connectivity index (χ0v) is 16.2. The fraction of sp³-hybridized carbons (Fsp3) is 0.300. The predicted octanol–water partition coefficient (Wildman–Crippen LogP) is 5.26. The molecule has 0 saturated heterocycles. The second-order valence-electron chi connectivity index (χ2n) is 6.32. The van der Waals surface area contributed by atoms with E-state index in [9.17, 15) is 9.90 Å².